The first kappa shape index (κ1) is 18.1. The minimum Gasteiger partial charge on any atom is -0.329 e. The van der Waals surface area contributed by atoms with Crippen molar-refractivity contribution in [1.82, 2.24) is 14.5 Å². The summed E-state index contributed by atoms with van der Waals surface area (Å²) in [5, 5.41) is 4.28. The Morgan fingerprint density at radius 3 is 2.33 bits per heavy atom. The highest BCUT2D eigenvalue weighted by Crippen LogP contribution is 2.21. The molecule has 1 atom stereocenters. The van der Waals surface area contributed by atoms with Crippen molar-refractivity contribution in [1.29, 1.82) is 0 Å². The monoisotopic (exact) mass is 316 g/mol. The fourth-order valence-electron chi connectivity index (χ4n) is 2.81. The van der Waals surface area contributed by atoms with Crippen LogP contribution in [0.3, 0.4) is 0 Å². The van der Waals surface area contributed by atoms with Gasteiger partial charge in [0, 0.05) is 12.6 Å². The van der Waals surface area contributed by atoms with Crippen molar-refractivity contribution in [2.45, 2.75) is 64.9 Å². The Bertz CT molecular complexity index is 562. The van der Waals surface area contributed by atoms with Crippen molar-refractivity contribution >= 4 is 10.0 Å². The van der Waals surface area contributed by atoms with Crippen LogP contribution in [0.4, 0.5) is 0 Å². The predicted octanol–water partition coefficient (Wildman–Crippen LogP) is 1.56. The molecular weight excluding hydrogens is 288 g/mol. The van der Waals surface area contributed by atoms with Crippen molar-refractivity contribution in [3.8, 4) is 0 Å². The Morgan fingerprint density at radius 1 is 1.29 bits per heavy atom. The van der Waals surface area contributed by atoms with Gasteiger partial charge in [-0.1, -0.05) is 26.7 Å². The molecule has 0 amide bonds. The second-order valence-electron chi connectivity index (χ2n) is 5.50. The molecule has 0 fully saturated rings. The van der Waals surface area contributed by atoms with Crippen LogP contribution in [0, 0.1) is 19.8 Å². The van der Waals surface area contributed by atoms with Crippen molar-refractivity contribution in [3.05, 3.63) is 11.4 Å². The van der Waals surface area contributed by atoms with Crippen LogP contribution in [-0.4, -0.2) is 30.8 Å². The van der Waals surface area contributed by atoms with E-state index in [1.807, 2.05) is 6.92 Å². The Kier molecular flexibility index (Phi) is 6.37. The van der Waals surface area contributed by atoms with E-state index >= 15 is 0 Å². The van der Waals surface area contributed by atoms with Crippen LogP contribution in [0.5, 0.6) is 0 Å². The van der Waals surface area contributed by atoms with Gasteiger partial charge in [-0.3, -0.25) is 4.68 Å². The zero-order valence-electron chi connectivity index (χ0n) is 13.7. The van der Waals surface area contributed by atoms with E-state index < -0.39 is 10.0 Å². The summed E-state index contributed by atoms with van der Waals surface area (Å²) < 4.78 is 29.7. The lowest BCUT2D eigenvalue weighted by Gasteiger charge is -2.22. The van der Waals surface area contributed by atoms with E-state index in [0.717, 1.165) is 12.8 Å². The van der Waals surface area contributed by atoms with E-state index in [1.165, 1.54) is 0 Å². The molecule has 1 aromatic heterocycles. The molecule has 21 heavy (non-hydrogen) atoms. The smallest absolute Gasteiger partial charge is 0.244 e. The maximum Gasteiger partial charge on any atom is 0.244 e. The molecule has 0 radical (unpaired) electrons. The molecule has 0 aromatic carbocycles. The van der Waals surface area contributed by atoms with Gasteiger partial charge in [-0.15, -0.1) is 0 Å². The molecule has 3 N–H and O–H groups in total. The molecule has 0 saturated carbocycles. The molecule has 7 heteroatoms. The SMILES string of the molecule is CCC(CC)C(C)NS(=O)(=O)c1c(C)nn(CCN)c1C. The second kappa shape index (κ2) is 7.38. The number of nitrogens with zero attached hydrogens (tertiary/aromatic N) is 2. The summed E-state index contributed by atoms with van der Waals surface area (Å²) in [6.07, 6.45) is 1.90. The summed E-state index contributed by atoms with van der Waals surface area (Å²) in [6, 6.07) is -0.0957. The maximum absolute atomic E-state index is 12.6. The third-order valence-electron chi connectivity index (χ3n) is 4.02. The van der Waals surface area contributed by atoms with E-state index in [2.05, 4.69) is 23.7 Å². The molecule has 0 aliphatic carbocycles. The van der Waals surface area contributed by atoms with Crippen LogP contribution < -0.4 is 10.5 Å². The van der Waals surface area contributed by atoms with Gasteiger partial charge in [-0.25, -0.2) is 13.1 Å². The molecule has 0 aliphatic rings. The van der Waals surface area contributed by atoms with Gasteiger partial charge < -0.3 is 5.73 Å². The molecule has 1 heterocycles. The maximum atomic E-state index is 12.6. The van der Waals surface area contributed by atoms with Gasteiger partial charge in [0.25, 0.3) is 0 Å². The third kappa shape index (κ3) is 4.05. The fourth-order valence-corrected chi connectivity index (χ4v) is 4.53. The summed E-state index contributed by atoms with van der Waals surface area (Å²) in [4.78, 5) is 0.286. The van der Waals surface area contributed by atoms with Crippen molar-refractivity contribution in [2.24, 2.45) is 11.7 Å². The molecule has 0 spiro atoms. The highest BCUT2D eigenvalue weighted by atomic mass is 32.2. The van der Waals surface area contributed by atoms with Gasteiger partial charge in [0.2, 0.25) is 10.0 Å². The lowest BCUT2D eigenvalue weighted by Crippen LogP contribution is -2.38. The Labute approximate surface area is 128 Å². The lowest BCUT2D eigenvalue weighted by atomic mass is 9.96. The molecule has 0 aliphatic heterocycles. The average Bonchev–Trinajstić information content (AvgIpc) is 2.66. The summed E-state index contributed by atoms with van der Waals surface area (Å²) in [6.45, 7) is 10.5. The van der Waals surface area contributed by atoms with E-state index in [-0.39, 0.29) is 10.9 Å². The Hall–Kier alpha value is -0.920. The predicted molar refractivity (Wildman–Crippen MR) is 84.6 cm³/mol. The highest BCUT2D eigenvalue weighted by molar-refractivity contribution is 7.89. The summed E-state index contributed by atoms with van der Waals surface area (Å²) in [5.41, 5.74) is 6.69. The van der Waals surface area contributed by atoms with Crippen LogP contribution >= 0.6 is 0 Å². The van der Waals surface area contributed by atoms with Gasteiger partial charge in [0.15, 0.2) is 0 Å². The van der Waals surface area contributed by atoms with E-state index in [0.29, 0.717) is 30.4 Å². The van der Waals surface area contributed by atoms with Crippen LogP contribution in [0.2, 0.25) is 0 Å². The molecule has 1 rings (SSSR count). The molecule has 1 unspecified atom stereocenters. The third-order valence-corrected chi connectivity index (χ3v) is 5.83. The largest absolute Gasteiger partial charge is 0.329 e. The number of nitrogens with two attached hydrogens (primary N) is 1. The van der Waals surface area contributed by atoms with Crippen molar-refractivity contribution in [3.63, 3.8) is 0 Å². The number of hydrogen-bond acceptors (Lipinski definition) is 4. The normalized spacial score (nSPS) is 13.9. The minimum absolute atomic E-state index is 0.0957. The molecule has 0 saturated heterocycles. The lowest BCUT2D eigenvalue weighted by molar-refractivity contribution is 0.390. The summed E-state index contributed by atoms with van der Waals surface area (Å²) in [5.74, 6) is 0.333. The Morgan fingerprint density at radius 2 is 1.86 bits per heavy atom. The Balaban J connectivity index is 3.08. The first-order chi connectivity index (χ1) is 9.78. The van der Waals surface area contributed by atoms with E-state index in [4.69, 9.17) is 5.73 Å². The number of aromatic nitrogens is 2. The van der Waals surface area contributed by atoms with Gasteiger partial charge in [0.05, 0.1) is 17.9 Å². The van der Waals surface area contributed by atoms with Crippen LogP contribution in [-0.2, 0) is 16.6 Å². The zero-order valence-corrected chi connectivity index (χ0v) is 14.5. The molecule has 6 nitrogen and oxygen atoms in total. The molecular formula is C14H28N4O2S. The summed E-state index contributed by atoms with van der Waals surface area (Å²) in [7, 11) is -3.56. The first-order valence-corrected chi connectivity index (χ1v) is 9.03. The highest BCUT2D eigenvalue weighted by Gasteiger charge is 2.27. The quantitative estimate of drug-likeness (QED) is 0.761. The number of hydrogen-bond donors (Lipinski definition) is 2. The standard InChI is InChI=1S/C14H28N4O2S/c1-6-13(7-2)10(3)17-21(19,20)14-11(4)16-18(9-8-15)12(14)5/h10,13,17H,6-9,15H2,1-5H3. The van der Waals surface area contributed by atoms with E-state index in [1.54, 1.807) is 18.5 Å². The van der Waals surface area contributed by atoms with Crippen LogP contribution in [0.1, 0.15) is 45.0 Å². The molecule has 1 aromatic rings. The second-order valence-corrected chi connectivity index (χ2v) is 7.15. The van der Waals surface area contributed by atoms with Gasteiger partial charge >= 0.3 is 0 Å². The number of nitrogens with one attached hydrogen (secondary N) is 1. The topological polar surface area (TPSA) is 90.0 Å². The first-order valence-electron chi connectivity index (χ1n) is 7.54. The van der Waals surface area contributed by atoms with E-state index in [9.17, 15) is 8.42 Å². The van der Waals surface area contributed by atoms with Crippen molar-refractivity contribution < 1.29 is 8.42 Å². The van der Waals surface area contributed by atoms with Crippen LogP contribution in [0.25, 0.3) is 0 Å². The number of sulfonamides is 1. The molecule has 122 valence electrons. The van der Waals surface area contributed by atoms with Crippen LogP contribution in [0.15, 0.2) is 4.90 Å². The average molecular weight is 316 g/mol. The van der Waals surface area contributed by atoms with Gasteiger partial charge in [-0.05, 0) is 26.7 Å². The zero-order chi connectivity index (χ0) is 16.2. The van der Waals surface area contributed by atoms with Crippen molar-refractivity contribution in [2.75, 3.05) is 6.54 Å². The fraction of sp³-hybridized carbons (Fsp3) is 0.786. The number of aryl methyl sites for hydroxylation is 1. The minimum atomic E-state index is -3.56. The van der Waals surface area contributed by atoms with Gasteiger partial charge in [0.1, 0.15) is 4.90 Å². The summed E-state index contributed by atoms with van der Waals surface area (Å²) >= 11 is 0. The van der Waals surface area contributed by atoms with Gasteiger partial charge in [-0.2, -0.15) is 5.10 Å². The molecule has 0 bridgehead atoms. The number of rotatable bonds is 8.